The van der Waals surface area contributed by atoms with Crippen molar-refractivity contribution in [1.82, 2.24) is 15.6 Å². The van der Waals surface area contributed by atoms with Gasteiger partial charge >= 0.3 is 5.97 Å². The first-order chi connectivity index (χ1) is 10.6. The number of nitrogens with one attached hydrogen (secondary N) is 2. The molecule has 1 aromatic rings. The van der Waals surface area contributed by atoms with Gasteiger partial charge in [-0.1, -0.05) is 6.07 Å². The number of hydrogen-bond acceptors (Lipinski definition) is 5. The first-order valence-corrected chi connectivity index (χ1v) is 7.60. The number of nitrogens with zero attached hydrogens (tertiary/aromatic N) is 1. The van der Waals surface area contributed by atoms with E-state index in [1.165, 1.54) is 7.11 Å². The van der Waals surface area contributed by atoms with E-state index in [4.69, 9.17) is 4.74 Å². The number of ether oxygens (including phenoxy) is 1. The molecular weight excluding hydrogens is 282 g/mol. The molecular formula is C16H23N3O3. The summed E-state index contributed by atoms with van der Waals surface area (Å²) in [5, 5.41) is 6.19. The number of methoxy groups -OCH3 is 1. The number of piperidine rings is 1. The van der Waals surface area contributed by atoms with Crippen LogP contribution in [0.15, 0.2) is 18.3 Å². The zero-order valence-corrected chi connectivity index (χ0v) is 13.1. The number of hydrogen-bond donors (Lipinski definition) is 2. The second-order valence-corrected chi connectivity index (χ2v) is 5.62. The number of aromatic nitrogens is 1. The Morgan fingerprint density at radius 3 is 2.91 bits per heavy atom. The Labute approximate surface area is 130 Å². The van der Waals surface area contributed by atoms with Crippen LogP contribution in [0.3, 0.4) is 0 Å². The number of pyridine rings is 1. The molecule has 0 aromatic carbocycles. The van der Waals surface area contributed by atoms with E-state index in [0.717, 1.165) is 30.6 Å². The molecule has 1 fully saturated rings. The molecule has 0 unspecified atom stereocenters. The van der Waals surface area contributed by atoms with Gasteiger partial charge in [0.15, 0.2) is 0 Å². The molecule has 1 saturated heterocycles. The summed E-state index contributed by atoms with van der Waals surface area (Å²) >= 11 is 0. The average molecular weight is 305 g/mol. The van der Waals surface area contributed by atoms with Crippen molar-refractivity contribution in [3.8, 4) is 0 Å². The third-order valence-corrected chi connectivity index (χ3v) is 3.92. The molecule has 1 amide bonds. The molecule has 0 saturated carbocycles. The van der Waals surface area contributed by atoms with Gasteiger partial charge in [0.1, 0.15) is 0 Å². The van der Waals surface area contributed by atoms with Gasteiger partial charge in [0, 0.05) is 18.4 Å². The Kier molecular flexibility index (Phi) is 5.89. The second-order valence-electron chi connectivity index (χ2n) is 5.62. The Morgan fingerprint density at radius 2 is 2.32 bits per heavy atom. The average Bonchev–Trinajstić information content (AvgIpc) is 2.55. The maximum absolute atomic E-state index is 12.4. The fourth-order valence-corrected chi connectivity index (χ4v) is 2.55. The molecule has 1 aromatic heterocycles. The fourth-order valence-electron chi connectivity index (χ4n) is 2.55. The molecule has 6 nitrogen and oxygen atoms in total. The zero-order chi connectivity index (χ0) is 15.9. The van der Waals surface area contributed by atoms with Crippen LogP contribution in [0.25, 0.3) is 0 Å². The maximum atomic E-state index is 12.4. The Bertz CT molecular complexity index is 510. The lowest BCUT2D eigenvalue weighted by atomic mass is 9.97. The zero-order valence-electron chi connectivity index (χ0n) is 13.1. The number of aryl methyl sites for hydroxylation is 1. The van der Waals surface area contributed by atoms with Gasteiger partial charge in [-0.15, -0.1) is 0 Å². The van der Waals surface area contributed by atoms with Crippen LogP contribution in [0.2, 0.25) is 0 Å². The molecule has 0 spiro atoms. The highest BCUT2D eigenvalue weighted by Gasteiger charge is 2.25. The monoisotopic (exact) mass is 305 g/mol. The molecule has 1 aliphatic rings. The van der Waals surface area contributed by atoms with Gasteiger partial charge in [0.2, 0.25) is 5.91 Å². The van der Waals surface area contributed by atoms with Crippen molar-refractivity contribution < 1.29 is 14.3 Å². The van der Waals surface area contributed by atoms with E-state index in [1.807, 2.05) is 19.1 Å². The summed E-state index contributed by atoms with van der Waals surface area (Å²) in [4.78, 5) is 28.2. The van der Waals surface area contributed by atoms with Gasteiger partial charge in [-0.05, 0) is 37.9 Å². The first-order valence-electron chi connectivity index (χ1n) is 7.60. The normalized spacial score (nSPS) is 19.3. The van der Waals surface area contributed by atoms with Crippen molar-refractivity contribution in [3.63, 3.8) is 0 Å². The van der Waals surface area contributed by atoms with Crippen LogP contribution in [0, 0.1) is 12.8 Å². The summed E-state index contributed by atoms with van der Waals surface area (Å²) in [6, 6.07) is 3.35. The predicted octanol–water partition coefficient (Wildman–Crippen LogP) is 1.11. The molecule has 1 aliphatic heterocycles. The van der Waals surface area contributed by atoms with Crippen molar-refractivity contribution in [3.05, 3.63) is 29.6 Å². The van der Waals surface area contributed by atoms with E-state index in [9.17, 15) is 9.59 Å². The molecule has 2 rings (SSSR count). The lowest BCUT2D eigenvalue weighted by Gasteiger charge is -2.25. The highest BCUT2D eigenvalue weighted by molar-refractivity contribution is 5.80. The number of carbonyl (C=O) groups is 2. The molecule has 120 valence electrons. The summed E-state index contributed by atoms with van der Waals surface area (Å²) in [6.07, 6.45) is 3.66. The van der Waals surface area contributed by atoms with Gasteiger partial charge in [-0.25, -0.2) is 0 Å². The van der Waals surface area contributed by atoms with E-state index >= 15 is 0 Å². The molecule has 2 N–H and O–H groups in total. The van der Waals surface area contributed by atoms with Gasteiger partial charge in [-0.3, -0.25) is 14.6 Å². The van der Waals surface area contributed by atoms with Crippen molar-refractivity contribution in [2.45, 2.75) is 32.2 Å². The van der Waals surface area contributed by atoms with Crippen LogP contribution in [-0.4, -0.2) is 37.1 Å². The lowest BCUT2D eigenvalue weighted by Crippen LogP contribution is -2.42. The van der Waals surface area contributed by atoms with Crippen molar-refractivity contribution in [2.24, 2.45) is 5.92 Å². The van der Waals surface area contributed by atoms with E-state index in [2.05, 4.69) is 15.6 Å². The summed E-state index contributed by atoms with van der Waals surface area (Å²) in [5.41, 5.74) is 1.71. The third-order valence-electron chi connectivity index (χ3n) is 3.92. The van der Waals surface area contributed by atoms with Crippen LogP contribution in [0.4, 0.5) is 0 Å². The Hall–Kier alpha value is -1.95. The molecule has 6 heteroatoms. The summed E-state index contributed by atoms with van der Waals surface area (Å²) in [5.74, 6) is -0.429. The van der Waals surface area contributed by atoms with Crippen LogP contribution in [-0.2, 0) is 14.3 Å². The van der Waals surface area contributed by atoms with Gasteiger partial charge in [0.05, 0.1) is 25.5 Å². The van der Waals surface area contributed by atoms with E-state index in [-0.39, 0.29) is 24.2 Å². The smallest absolute Gasteiger partial charge is 0.307 e. The SMILES string of the molecule is COC(=O)C[C@H](NC(=O)[C@@H]1CCCNC1)c1ccc(C)nc1. The van der Waals surface area contributed by atoms with Gasteiger partial charge in [-0.2, -0.15) is 0 Å². The highest BCUT2D eigenvalue weighted by Crippen LogP contribution is 2.19. The molecule has 22 heavy (non-hydrogen) atoms. The number of carbonyl (C=O) groups excluding carboxylic acids is 2. The summed E-state index contributed by atoms with van der Waals surface area (Å²) in [6.45, 7) is 3.53. The summed E-state index contributed by atoms with van der Waals surface area (Å²) < 4.78 is 4.73. The van der Waals surface area contributed by atoms with Crippen LogP contribution >= 0.6 is 0 Å². The topological polar surface area (TPSA) is 80.3 Å². The quantitative estimate of drug-likeness (QED) is 0.797. The molecule has 0 radical (unpaired) electrons. The van der Waals surface area contributed by atoms with Gasteiger partial charge < -0.3 is 15.4 Å². The van der Waals surface area contributed by atoms with Crippen molar-refractivity contribution in [2.75, 3.05) is 20.2 Å². The number of esters is 1. The molecule has 2 heterocycles. The second kappa shape index (κ2) is 7.89. The Morgan fingerprint density at radius 1 is 1.50 bits per heavy atom. The van der Waals surface area contributed by atoms with E-state index < -0.39 is 6.04 Å². The minimum atomic E-state index is -0.407. The lowest BCUT2D eigenvalue weighted by molar-refractivity contribution is -0.141. The number of amides is 1. The van der Waals surface area contributed by atoms with E-state index in [1.54, 1.807) is 6.20 Å². The van der Waals surface area contributed by atoms with Crippen molar-refractivity contribution in [1.29, 1.82) is 0 Å². The van der Waals surface area contributed by atoms with Gasteiger partial charge in [0.25, 0.3) is 0 Å². The van der Waals surface area contributed by atoms with E-state index in [0.29, 0.717) is 6.54 Å². The third kappa shape index (κ3) is 4.53. The van der Waals surface area contributed by atoms with Crippen LogP contribution in [0.5, 0.6) is 0 Å². The predicted molar refractivity (Wildman–Crippen MR) is 82.1 cm³/mol. The minimum Gasteiger partial charge on any atom is -0.469 e. The summed E-state index contributed by atoms with van der Waals surface area (Å²) in [7, 11) is 1.35. The maximum Gasteiger partial charge on any atom is 0.307 e. The standard InChI is InChI=1S/C16H23N3O3/c1-11-5-6-12(10-18-11)14(8-15(20)22-2)19-16(21)13-4-3-7-17-9-13/h5-6,10,13-14,17H,3-4,7-9H2,1-2H3,(H,19,21)/t13-,14+/m1/s1. The molecule has 0 bridgehead atoms. The largest absolute Gasteiger partial charge is 0.469 e. The number of rotatable bonds is 5. The first kappa shape index (κ1) is 16.4. The molecule has 0 aliphatic carbocycles. The van der Waals surface area contributed by atoms with Crippen LogP contribution < -0.4 is 10.6 Å². The fraction of sp³-hybridized carbons (Fsp3) is 0.562. The minimum absolute atomic E-state index is 0.0262. The van der Waals surface area contributed by atoms with Crippen LogP contribution in [0.1, 0.15) is 36.6 Å². The van der Waals surface area contributed by atoms with Crippen molar-refractivity contribution >= 4 is 11.9 Å². The Balaban J connectivity index is 2.07. The highest BCUT2D eigenvalue weighted by atomic mass is 16.5. The molecule has 2 atom stereocenters.